The monoisotopic (exact) mass is 1100 g/mol. The third-order valence-electron chi connectivity index (χ3n) is 9.84. The topological polar surface area (TPSA) is 187 Å². The lowest BCUT2D eigenvalue weighted by atomic mass is 10.1. The predicted molar refractivity (Wildman–Crippen MR) is 278 cm³/mol. The molecular formula is C54H60BrN3O13P2. The number of quaternary nitrogens is 1. The Bertz CT molecular complexity index is 2620. The van der Waals surface area contributed by atoms with E-state index in [1.807, 2.05) is 97.1 Å². The number of halogens is 1. The van der Waals surface area contributed by atoms with Crippen LogP contribution in [0.2, 0.25) is 0 Å². The molecule has 0 N–H and O–H groups in total. The molecule has 8 rings (SSSR count). The van der Waals surface area contributed by atoms with E-state index in [1.165, 1.54) is 4.90 Å². The van der Waals surface area contributed by atoms with Crippen molar-refractivity contribution in [2.45, 2.75) is 39.3 Å². The van der Waals surface area contributed by atoms with E-state index in [9.17, 15) is 33.2 Å². The molecule has 0 unspecified atom stereocenters. The summed E-state index contributed by atoms with van der Waals surface area (Å²) in [5, 5.41) is 1.61. The first-order chi connectivity index (χ1) is 35.0. The minimum atomic E-state index is -4.27. The number of carbonyl (C=O) groups is 4. The number of benzene rings is 6. The highest BCUT2D eigenvalue weighted by Crippen LogP contribution is 2.51. The average Bonchev–Trinajstić information content (AvgIpc) is 3.79. The Balaban J connectivity index is 0.000000209. The van der Waals surface area contributed by atoms with Gasteiger partial charge in [-0.05, 0) is 59.4 Å². The van der Waals surface area contributed by atoms with Gasteiger partial charge in [-0.2, -0.15) is 0 Å². The SMILES string of the molecule is C[N+](C)(C)C.O=C1c2ccccc2C(=O)N1CCCOP(=O)(OCc1ccccc1)OCc1ccccc1.O=C1c2ccccc2C(=O)N1OCCCBr.O=P([O-])(OCc1ccccc1)OCc1ccccc1. The number of amides is 4. The lowest BCUT2D eigenvalue weighted by Crippen LogP contribution is -2.31. The van der Waals surface area contributed by atoms with Crippen LogP contribution >= 0.6 is 31.6 Å². The van der Waals surface area contributed by atoms with Crippen molar-refractivity contribution in [2.24, 2.45) is 0 Å². The molecule has 2 heterocycles. The van der Waals surface area contributed by atoms with Crippen LogP contribution in [0.25, 0.3) is 0 Å². The molecule has 0 aliphatic carbocycles. The summed E-state index contributed by atoms with van der Waals surface area (Å²) in [4.78, 5) is 66.4. The van der Waals surface area contributed by atoms with E-state index < -0.39 is 15.6 Å². The van der Waals surface area contributed by atoms with E-state index in [-0.39, 0.29) is 63.2 Å². The molecule has 0 aromatic heterocycles. The molecule has 0 radical (unpaired) electrons. The number of nitrogens with zero attached hydrogens (tertiary/aromatic N) is 3. The van der Waals surface area contributed by atoms with Crippen molar-refractivity contribution in [1.29, 1.82) is 0 Å². The molecule has 0 spiro atoms. The predicted octanol–water partition coefficient (Wildman–Crippen LogP) is 10.4. The molecule has 6 aromatic rings. The van der Waals surface area contributed by atoms with Crippen LogP contribution in [0.15, 0.2) is 170 Å². The number of rotatable bonds is 21. The van der Waals surface area contributed by atoms with Gasteiger partial charge in [0.25, 0.3) is 31.5 Å². The zero-order valence-electron chi connectivity index (χ0n) is 41.2. The lowest BCUT2D eigenvalue weighted by Gasteiger charge is -2.22. The number of carbonyl (C=O) groups excluding carboxylic acids is 4. The summed E-state index contributed by atoms with van der Waals surface area (Å²) >= 11 is 3.25. The maximum absolute atomic E-state index is 13.2. The fraction of sp³-hybridized carbons (Fsp3) is 0.259. The van der Waals surface area contributed by atoms with Gasteiger partial charge in [0.15, 0.2) is 0 Å². The van der Waals surface area contributed by atoms with Gasteiger partial charge in [0.05, 0.1) is 90.1 Å². The van der Waals surface area contributed by atoms with Crippen LogP contribution < -0.4 is 4.89 Å². The van der Waals surface area contributed by atoms with E-state index in [2.05, 4.69) is 44.1 Å². The van der Waals surface area contributed by atoms with Gasteiger partial charge in [-0.25, -0.2) is 4.57 Å². The average molecular weight is 1100 g/mol. The van der Waals surface area contributed by atoms with Gasteiger partial charge in [0.2, 0.25) is 0 Å². The van der Waals surface area contributed by atoms with Gasteiger partial charge in [-0.1, -0.05) is 162 Å². The summed E-state index contributed by atoms with van der Waals surface area (Å²) in [6.07, 6.45) is 1.03. The zero-order chi connectivity index (χ0) is 52.7. The van der Waals surface area contributed by atoms with E-state index in [4.69, 9.17) is 27.5 Å². The lowest BCUT2D eigenvalue weighted by molar-refractivity contribution is -0.849. The van der Waals surface area contributed by atoms with Crippen molar-refractivity contribution in [1.82, 2.24) is 9.96 Å². The third kappa shape index (κ3) is 19.9. The van der Waals surface area contributed by atoms with Crippen LogP contribution in [-0.2, 0) is 63.0 Å². The van der Waals surface area contributed by atoms with Gasteiger partial charge in [0, 0.05) is 11.9 Å². The van der Waals surface area contributed by atoms with Gasteiger partial charge < -0.3 is 18.4 Å². The standard InChI is InChI=1S/C25H24NO6P.C14H15O4P.C11H10BrNO3.C4H12N/c27-24-22-14-7-8-15-23(22)25(28)26(24)16-9-17-30-33(29,31-18-20-10-3-1-4-11-20)32-19-21-12-5-2-6-13-21;15-19(16,17-11-13-7-3-1-4-8-13)18-12-14-9-5-2-6-10-14;12-6-3-7-16-13-10(14)8-4-1-2-5-9(8)11(13)15;1-5(2,3)4/h1-8,10-15H,9,16-19H2;1-10H,11-12H2,(H,15,16);1-2,4-5H,3,6-7H2;1-4H3/q;;;+1/p-1. The fourth-order valence-electron chi connectivity index (χ4n) is 6.40. The van der Waals surface area contributed by atoms with Gasteiger partial charge >= 0.3 is 7.82 Å². The second kappa shape index (κ2) is 29.2. The molecule has 0 saturated heterocycles. The molecule has 16 nitrogen and oxygen atoms in total. The molecule has 19 heteroatoms. The summed E-state index contributed by atoms with van der Waals surface area (Å²) in [7, 11) is 0.338. The van der Waals surface area contributed by atoms with Crippen LogP contribution in [0.5, 0.6) is 0 Å². The number of fused-ring (bicyclic) bond motifs is 2. The number of hydroxylamine groups is 2. The summed E-state index contributed by atoms with van der Waals surface area (Å²) < 4.78 is 52.1. The summed E-state index contributed by atoms with van der Waals surface area (Å²) in [6, 6.07) is 50.2. The van der Waals surface area contributed by atoms with Crippen LogP contribution in [0.1, 0.15) is 76.5 Å². The van der Waals surface area contributed by atoms with Gasteiger partial charge in [-0.3, -0.25) is 47.1 Å². The normalized spacial score (nSPS) is 13.0. The Morgan fingerprint density at radius 1 is 0.452 bits per heavy atom. The molecule has 0 fully saturated rings. The van der Waals surface area contributed by atoms with Crippen LogP contribution in [-0.4, -0.2) is 91.4 Å². The Hall–Kier alpha value is -5.78. The molecule has 0 saturated carbocycles. The van der Waals surface area contributed by atoms with Crippen molar-refractivity contribution >= 4 is 55.2 Å². The smallest absolute Gasteiger partial charge is 0.475 e. The number of hydrogen-bond donors (Lipinski definition) is 0. The minimum absolute atomic E-state index is 0.00569. The highest BCUT2D eigenvalue weighted by atomic mass is 79.9. The molecule has 386 valence electrons. The number of hydrogen-bond acceptors (Lipinski definition) is 13. The molecule has 6 aromatic carbocycles. The molecule has 2 aliphatic heterocycles. The Labute approximate surface area is 435 Å². The van der Waals surface area contributed by atoms with Crippen molar-refractivity contribution in [2.75, 3.05) is 53.3 Å². The fourth-order valence-corrected chi connectivity index (χ4v) is 8.50. The second-order valence-corrected chi connectivity index (χ2v) is 21.3. The maximum Gasteiger partial charge on any atom is 0.475 e. The first-order valence-corrected chi connectivity index (χ1v) is 27.2. The summed E-state index contributed by atoms with van der Waals surface area (Å²) in [6.45, 7) is 0.568. The third-order valence-corrected chi connectivity index (χ3v) is 12.7. The second-order valence-electron chi connectivity index (χ2n) is 17.4. The maximum atomic E-state index is 13.2. The zero-order valence-corrected chi connectivity index (χ0v) is 44.5. The first kappa shape index (κ1) is 58.1. The molecular weight excluding hydrogens is 1040 g/mol. The molecule has 2 aliphatic rings. The van der Waals surface area contributed by atoms with Crippen LogP contribution in [0, 0.1) is 0 Å². The van der Waals surface area contributed by atoms with E-state index >= 15 is 0 Å². The Morgan fingerprint density at radius 3 is 1.11 bits per heavy atom. The van der Waals surface area contributed by atoms with Crippen LogP contribution in [0.3, 0.4) is 0 Å². The van der Waals surface area contributed by atoms with Crippen molar-refractivity contribution in [3.63, 3.8) is 0 Å². The largest absolute Gasteiger partial charge is 0.756 e. The van der Waals surface area contributed by atoms with Gasteiger partial charge in [-0.15, -0.1) is 5.06 Å². The van der Waals surface area contributed by atoms with Gasteiger partial charge in [0.1, 0.15) is 0 Å². The van der Waals surface area contributed by atoms with Crippen LogP contribution in [0.4, 0.5) is 0 Å². The quantitative estimate of drug-likeness (QED) is 0.0218. The van der Waals surface area contributed by atoms with E-state index in [0.717, 1.165) is 43.6 Å². The Morgan fingerprint density at radius 2 is 0.767 bits per heavy atom. The summed E-state index contributed by atoms with van der Waals surface area (Å²) in [5.41, 5.74) is 4.82. The Kier molecular flexibility index (Phi) is 23.2. The number of alkyl halides is 1. The number of phosphoric ester groups is 2. The highest BCUT2D eigenvalue weighted by molar-refractivity contribution is 9.09. The molecule has 0 bridgehead atoms. The minimum Gasteiger partial charge on any atom is -0.756 e. The highest BCUT2D eigenvalue weighted by Gasteiger charge is 2.37. The van der Waals surface area contributed by atoms with E-state index in [0.29, 0.717) is 35.3 Å². The molecule has 73 heavy (non-hydrogen) atoms. The molecule has 4 amide bonds. The summed E-state index contributed by atoms with van der Waals surface area (Å²) in [5.74, 6) is -1.43. The molecule has 0 atom stereocenters. The van der Waals surface area contributed by atoms with Crippen molar-refractivity contribution in [3.05, 3.63) is 214 Å². The van der Waals surface area contributed by atoms with Crippen molar-refractivity contribution in [3.8, 4) is 0 Å². The van der Waals surface area contributed by atoms with Crippen molar-refractivity contribution < 1.29 is 65.1 Å². The number of imide groups is 2. The van der Waals surface area contributed by atoms with E-state index in [1.54, 1.807) is 72.8 Å². The first-order valence-electron chi connectivity index (χ1n) is 23.2. The number of phosphoric acid groups is 2.